The number of ether oxygens (including phenoxy) is 1. The minimum Gasteiger partial charge on any atom is -0.387 e. The van der Waals surface area contributed by atoms with Crippen LogP contribution in [0.25, 0.3) is 0 Å². The van der Waals surface area contributed by atoms with Crippen LogP contribution in [0.1, 0.15) is 27.6 Å². The second-order valence-corrected chi connectivity index (χ2v) is 6.65. The Morgan fingerprint density at radius 2 is 2.00 bits per heavy atom. The SMILES string of the molecule is O=C(NC[C@@H](O)c1ccsc1)c1ccc(CN2CCOCC2)cc1. The molecule has 1 atom stereocenters. The quantitative estimate of drug-likeness (QED) is 0.840. The Kier molecular flexibility index (Phi) is 5.98. The second kappa shape index (κ2) is 8.39. The van der Waals surface area contributed by atoms with Gasteiger partial charge in [-0.15, -0.1) is 0 Å². The summed E-state index contributed by atoms with van der Waals surface area (Å²) in [5.41, 5.74) is 2.63. The Morgan fingerprint density at radius 3 is 2.67 bits per heavy atom. The van der Waals surface area contributed by atoms with Crippen molar-refractivity contribution in [3.63, 3.8) is 0 Å². The number of amides is 1. The summed E-state index contributed by atoms with van der Waals surface area (Å²) in [6, 6.07) is 9.51. The number of carbonyl (C=O) groups is 1. The maximum absolute atomic E-state index is 12.2. The van der Waals surface area contributed by atoms with E-state index in [9.17, 15) is 9.90 Å². The minimum atomic E-state index is -0.666. The van der Waals surface area contributed by atoms with Gasteiger partial charge in [0.1, 0.15) is 0 Å². The van der Waals surface area contributed by atoms with Gasteiger partial charge in [0.15, 0.2) is 0 Å². The van der Waals surface area contributed by atoms with E-state index in [0.717, 1.165) is 38.4 Å². The van der Waals surface area contributed by atoms with E-state index in [1.807, 2.05) is 41.1 Å². The molecule has 1 aromatic heterocycles. The summed E-state index contributed by atoms with van der Waals surface area (Å²) in [6.07, 6.45) is -0.666. The fraction of sp³-hybridized carbons (Fsp3) is 0.389. The van der Waals surface area contributed by atoms with Gasteiger partial charge in [-0.2, -0.15) is 11.3 Å². The third kappa shape index (κ3) is 4.64. The van der Waals surface area contributed by atoms with Gasteiger partial charge >= 0.3 is 0 Å². The first-order valence-corrected chi connectivity index (χ1v) is 9.04. The van der Waals surface area contributed by atoms with E-state index in [2.05, 4.69) is 10.2 Å². The number of hydrogen-bond acceptors (Lipinski definition) is 5. The van der Waals surface area contributed by atoms with Crippen LogP contribution in [0.4, 0.5) is 0 Å². The number of morpholine rings is 1. The van der Waals surface area contributed by atoms with Crippen molar-refractivity contribution in [3.05, 3.63) is 57.8 Å². The Hall–Kier alpha value is -1.73. The average Bonchev–Trinajstić information content (AvgIpc) is 3.16. The van der Waals surface area contributed by atoms with Crippen LogP contribution in [-0.4, -0.2) is 48.8 Å². The van der Waals surface area contributed by atoms with Gasteiger partial charge in [-0.05, 0) is 40.1 Å². The largest absolute Gasteiger partial charge is 0.387 e. The van der Waals surface area contributed by atoms with Gasteiger partial charge in [0, 0.05) is 31.7 Å². The van der Waals surface area contributed by atoms with E-state index in [0.29, 0.717) is 5.56 Å². The lowest BCUT2D eigenvalue weighted by molar-refractivity contribution is 0.0342. The number of carbonyl (C=O) groups excluding carboxylic acids is 1. The number of aliphatic hydroxyl groups excluding tert-OH is 1. The third-order valence-electron chi connectivity index (χ3n) is 4.11. The molecule has 2 aromatic rings. The Morgan fingerprint density at radius 1 is 1.25 bits per heavy atom. The summed E-state index contributed by atoms with van der Waals surface area (Å²) < 4.78 is 5.35. The zero-order valence-electron chi connectivity index (χ0n) is 13.5. The molecular weight excluding hydrogens is 324 g/mol. The fourth-order valence-electron chi connectivity index (χ4n) is 2.65. The zero-order chi connectivity index (χ0) is 16.8. The molecule has 0 saturated carbocycles. The lowest BCUT2D eigenvalue weighted by atomic mass is 10.1. The Labute approximate surface area is 145 Å². The van der Waals surface area contributed by atoms with E-state index >= 15 is 0 Å². The molecule has 0 radical (unpaired) electrons. The number of nitrogens with zero attached hydrogens (tertiary/aromatic N) is 1. The highest BCUT2D eigenvalue weighted by Crippen LogP contribution is 2.15. The molecule has 128 valence electrons. The molecule has 1 aromatic carbocycles. The predicted molar refractivity (Wildman–Crippen MR) is 94.2 cm³/mol. The van der Waals surface area contributed by atoms with Gasteiger partial charge in [0.2, 0.25) is 0 Å². The summed E-state index contributed by atoms with van der Waals surface area (Å²) in [6.45, 7) is 4.55. The minimum absolute atomic E-state index is 0.165. The van der Waals surface area contributed by atoms with Crippen LogP contribution in [0.3, 0.4) is 0 Å². The molecule has 1 aliphatic heterocycles. The summed E-state index contributed by atoms with van der Waals surface area (Å²) in [4.78, 5) is 14.5. The summed E-state index contributed by atoms with van der Waals surface area (Å²) in [5.74, 6) is -0.165. The van der Waals surface area contributed by atoms with Crippen molar-refractivity contribution in [2.75, 3.05) is 32.8 Å². The lowest BCUT2D eigenvalue weighted by Crippen LogP contribution is -2.35. The van der Waals surface area contributed by atoms with Gasteiger partial charge in [-0.1, -0.05) is 12.1 Å². The highest BCUT2D eigenvalue weighted by Gasteiger charge is 2.13. The maximum Gasteiger partial charge on any atom is 0.251 e. The predicted octanol–water partition coefficient (Wildman–Crippen LogP) is 2.04. The monoisotopic (exact) mass is 346 g/mol. The van der Waals surface area contributed by atoms with Gasteiger partial charge in [-0.3, -0.25) is 9.69 Å². The molecule has 3 rings (SSSR count). The maximum atomic E-state index is 12.2. The smallest absolute Gasteiger partial charge is 0.251 e. The van der Waals surface area contributed by atoms with Crippen LogP contribution in [0.15, 0.2) is 41.1 Å². The molecule has 1 amide bonds. The first-order chi connectivity index (χ1) is 11.7. The molecule has 6 heteroatoms. The average molecular weight is 346 g/mol. The highest BCUT2D eigenvalue weighted by atomic mass is 32.1. The first kappa shape index (κ1) is 17.1. The molecule has 1 aliphatic rings. The first-order valence-electron chi connectivity index (χ1n) is 8.10. The van der Waals surface area contributed by atoms with E-state index < -0.39 is 6.10 Å². The summed E-state index contributed by atoms with van der Waals surface area (Å²) in [5, 5.41) is 16.6. The van der Waals surface area contributed by atoms with E-state index in [4.69, 9.17) is 4.74 Å². The summed E-state index contributed by atoms with van der Waals surface area (Å²) in [7, 11) is 0. The third-order valence-corrected chi connectivity index (χ3v) is 4.81. The molecular formula is C18H22N2O3S. The molecule has 0 unspecified atom stereocenters. The molecule has 1 fully saturated rings. The van der Waals surface area contributed by atoms with Crippen molar-refractivity contribution in [2.45, 2.75) is 12.6 Å². The molecule has 0 spiro atoms. The molecule has 24 heavy (non-hydrogen) atoms. The molecule has 2 heterocycles. The van der Waals surface area contributed by atoms with Crippen molar-refractivity contribution < 1.29 is 14.6 Å². The van der Waals surface area contributed by atoms with Crippen molar-refractivity contribution in [1.29, 1.82) is 0 Å². The van der Waals surface area contributed by atoms with Crippen molar-refractivity contribution in [1.82, 2.24) is 10.2 Å². The number of rotatable bonds is 6. The molecule has 0 bridgehead atoms. The Bertz CT molecular complexity index is 637. The van der Waals surface area contributed by atoms with Crippen molar-refractivity contribution in [3.8, 4) is 0 Å². The normalized spacial score (nSPS) is 16.7. The number of hydrogen-bond donors (Lipinski definition) is 2. The second-order valence-electron chi connectivity index (χ2n) is 5.87. The lowest BCUT2D eigenvalue weighted by Gasteiger charge is -2.26. The van der Waals surface area contributed by atoms with Crippen LogP contribution in [0.5, 0.6) is 0 Å². The molecule has 5 nitrogen and oxygen atoms in total. The zero-order valence-corrected chi connectivity index (χ0v) is 14.3. The Balaban J connectivity index is 1.50. The van der Waals surface area contributed by atoms with Crippen LogP contribution in [0.2, 0.25) is 0 Å². The van der Waals surface area contributed by atoms with E-state index in [-0.39, 0.29) is 12.5 Å². The van der Waals surface area contributed by atoms with Gasteiger partial charge in [0.25, 0.3) is 5.91 Å². The van der Waals surface area contributed by atoms with Crippen molar-refractivity contribution in [2.24, 2.45) is 0 Å². The number of nitrogens with one attached hydrogen (secondary N) is 1. The molecule has 0 aliphatic carbocycles. The molecule has 1 saturated heterocycles. The van der Waals surface area contributed by atoms with Gasteiger partial charge in [0.05, 0.1) is 19.3 Å². The number of benzene rings is 1. The number of aliphatic hydroxyl groups is 1. The fourth-order valence-corrected chi connectivity index (χ4v) is 3.36. The number of thiophene rings is 1. The van der Waals surface area contributed by atoms with E-state index in [1.165, 1.54) is 16.9 Å². The van der Waals surface area contributed by atoms with E-state index in [1.54, 1.807) is 0 Å². The van der Waals surface area contributed by atoms with Crippen LogP contribution in [0, 0.1) is 0 Å². The van der Waals surface area contributed by atoms with Crippen LogP contribution >= 0.6 is 11.3 Å². The van der Waals surface area contributed by atoms with Gasteiger partial charge in [-0.25, -0.2) is 0 Å². The highest BCUT2D eigenvalue weighted by molar-refractivity contribution is 7.07. The van der Waals surface area contributed by atoms with Gasteiger partial charge < -0.3 is 15.2 Å². The van der Waals surface area contributed by atoms with Crippen LogP contribution in [-0.2, 0) is 11.3 Å². The van der Waals surface area contributed by atoms with Crippen molar-refractivity contribution >= 4 is 17.2 Å². The summed E-state index contributed by atoms with van der Waals surface area (Å²) >= 11 is 1.53. The van der Waals surface area contributed by atoms with Crippen LogP contribution < -0.4 is 5.32 Å². The topological polar surface area (TPSA) is 61.8 Å². The molecule has 2 N–H and O–H groups in total. The standard InChI is InChI=1S/C18H22N2O3S/c21-17(16-5-10-24-13-16)11-19-18(22)15-3-1-14(2-4-15)12-20-6-8-23-9-7-20/h1-5,10,13,17,21H,6-9,11-12H2,(H,19,22)/t17-/m1/s1.